The fourth-order valence-electron chi connectivity index (χ4n) is 2.80. The molecule has 0 saturated carbocycles. The normalized spacial score (nSPS) is 27.2. The van der Waals surface area contributed by atoms with Crippen LogP contribution in [0.5, 0.6) is 0 Å². The van der Waals surface area contributed by atoms with Crippen molar-refractivity contribution in [1.29, 1.82) is 0 Å². The summed E-state index contributed by atoms with van der Waals surface area (Å²) in [4.78, 5) is 4.93. The highest BCUT2D eigenvalue weighted by atomic mass is 16.5. The van der Waals surface area contributed by atoms with Gasteiger partial charge in [-0.15, -0.1) is 0 Å². The highest BCUT2D eigenvalue weighted by Gasteiger charge is 2.19. The highest BCUT2D eigenvalue weighted by molar-refractivity contribution is 4.79. The van der Waals surface area contributed by atoms with Crippen LogP contribution in [0.15, 0.2) is 0 Å². The maximum Gasteiger partial charge on any atom is 0.0594 e. The largest absolute Gasteiger partial charge is 0.379 e. The molecular weight excluding hydrogens is 214 g/mol. The van der Waals surface area contributed by atoms with Crippen molar-refractivity contribution >= 4 is 0 Å². The fourth-order valence-corrected chi connectivity index (χ4v) is 2.80. The Morgan fingerprint density at radius 1 is 1.18 bits per heavy atom. The van der Waals surface area contributed by atoms with Gasteiger partial charge in [0, 0.05) is 31.7 Å². The van der Waals surface area contributed by atoms with Gasteiger partial charge in [-0.3, -0.25) is 4.90 Å². The van der Waals surface area contributed by atoms with Gasteiger partial charge in [-0.05, 0) is 39.9 Å². The monoisotopic (exact) mass is 241 g/mol. The molecule has 2 saturated heterocycles. The summed E-state index contributed by atoms with van der Waals surface area (Å²) >= 11 is 0. The first kappa shape index (κ1) is 13.3. The number of morpholine rings is 1. The van der Waals surface area contributed by atoms with E-state index in [4.69, 9.17) is 4.74 Å². The van der Waals surface area contributed by atoms with Crippen LogP contribution in [-0.2, 0) is 4.74 Å². The quantitative estimate of drug-likeness (QED) is 0.771. The molecular formula is C13H27N3O. The van der Waals surface area contributed by atoms with Crippen LogP contribution in [0.25, 0.3) is 0 Å². The molecule has 1 unspecified atom stereocenters. The standard InChI is InChI=1S/C13H27N3O/c1-12(11-16-7-9-17-10-8-16)14-13-3-5-15(2)6-4-13/h12-14H,3-11H2,1-2H3. The first-order valence-electron chi connectivity index (χ1n) is 6.99. The van der Waals surface area contributed by atoms with Crippen LogP contribution in [0.2, 0.25) is 0 Å². The molecule has 0 spiro atoms. The van der Waals surface area contributed by atoms with E-state index in [1.165, 1.54) is 25.9 Å². The minimum Gasteiger partial charge on any atom is -0.379 e. The van der Waals surface area contributed by atoms with Gasteiger partial charge in [0.1, 0.15) is 0 Å². The molecule has 0 aromatic carbocycles. The summed E-state index contributed by atoms with van der Waals surface area (Å²) in [5.41, 5.74) is 0. The van der Waals surface area contributed by atoms with Crippen LogP contribution < -0.4 is 5.32 Å². The number of hydrogen-bond acceptors (Lipinski definition) is 4. The molecule has 4 nitrogen and oxygen atoms in total. The molecule has 0 aromatic heterocycles. The fraction of sp³-hybridized carbons (Fsp3) is 1.00. The summed E-state index contributed by atoms with van der Waals surface area (Å²) in [5.74, 6) is 0. The summed E-state index contributed by atoms with van der Waals surface area (Å²) in [6.07, 6.45) is 2.59. The third-order valence-electron chi connectivity index (χ3n) is 3.87. The Hall–Kier alpha value is -0.160. The van der Waals surface area contributed by atoms with E-state index >= 15 is 0 Å². The van der Waals surface area contributed by atoms with Crippen LogP contribution in [0.4, 0.5) is 0 Å². The molecule has 2 fully saturated rings. The first-order valence-corrected chi connectivity index (χ1v) is 6.99. The van der Waals surface area contributed by atoms with Crippen molar-refractivity contribution in [3.05, 3.63) is 0 Å². The zero-order valence-corrected chi connectivity index (χ0v) is 11.3. The topological polar surface area (TPSA) is 27.7 Å². The van der Waals surface area contributed by atoms with Crippen molar-refractivity contribution in [2.45, 2.75) is 31.8 Å². The molecule has 0 aromatic rings. The van der Waals surface area contributed by atoms with Gasteiger partial charge < -0.3 is 15.0 Å². The molecule has 100 valence electrons. The molecule has 17 heavy (non-hydrogen) atoms. The number of likely N-dealkylation sites (tertiary alicyclic amines) is 1. The zero-order valence-electron chi connectivity index (χ0n) is 11.3. The van der Waals surface area contributed by atoms with E-state index in [2.05, 4.69) is 29.1 Å². The number of nitrogens with zero attached hydrogens (tertiary/aromatic N) is 2. The maximum absolute atomic E-state index is 5.38. The predicted octanol–water partition coefficient (Wildman–Crippen LogP) is 0.391. The van der Waals surface area contributed by atoms with Gasteiger partial charge in [0.15, 0.2) is 0 Å². The van der Waals surface area contributed by atoms with Crippen LogP contribution in [0, 0.1) is 0 Å². The molecule has 2 aliphatic heterocycles. The molecule has 0 amide bonds. The maximum atomic E-state index is 5.38. The predicted molar refractivity (Wildman–Crippen MR) is 70.4 cm³/mol. The van der Waals surface area contributed by atoms with Crippen molar-refractivity contribution in [3.63, 3.8) is 0 Å². The van der Waals surface area contributed by atoms with Gasteiger partial charge in [-0.1, -0.05) is 0 Å². The van der Waals surface area contributed by atoms with Gasteiger partial charge in [-0.25, -0.2) is 0 Å². The lowest BCUT2D eigenvalue weighted by molar-refractivity contribution is 0.0333. The summed E-state index contributed by atoms with van der Waals surface area (Å²) in [7, 11) is 2.22. The minimum absolute atomic E-state index is 0.599. The third-order valence-corrected chi connectivity index (χ3v) is 3.87. The van der Waals surface area contributed by atoms with Crippen LogP contribution in [-0.4, -0.2) is 74.9 Å². The Kier molecular flexibility index (Phi) is 5.22. The van der Waals surface area contributed by atoms with Crippen LogP contribution in [0.1, 0.15) is 19.8 Å². The lowest BCUT2D eigenvalue weighted by atomic mass is 10.0. The zero-order chi connectivity index (χ0) is 12.1. The van der Waals surface area contributed by atoms with E-state index in [9.17, 15) is 0 Å². The highest BCUT2D eigenvalue weighted by Crippen LogP contribution is 2.09. The molecule has 4 heteroatoms. The average Bonchev–Trinajstić information content (AvgIpc) is 2.33. The molecule has 1 N–H and O–H groups in total. The Morgan fingerprint density at radius 3 is 2.47 bits per heavy atom. The Labute approximate surface area is 105 Å². The minimum atomic E-state index is 0.599. The number of piperidine rings is 1. The number of rotatable bonds is 4. The molecule has 2 heterocycles. The molecule has 2 rings (SSSR count). The average molecular weight is 241 g/mol. The van der Waals surface area contributed by atoms with Gasteiger partial charge in [0.05, 0.1) is 13.2 Å². The van der Waals surface area contributed by atoms with Crippen LogP contribution in [0.3, 0.4) is 0 Å². The number of ether oxygens (including phenoxy) is 1. The van der Waals surface area contributed by atoms with E-state index in [1.54, 1.807) is 0 Å². The SMILES string of the molecule is CC(CN1CCOCC1)NC1CCN(C)CC1. The second-order valence-corrected chi connectivity index (χ2v) is 5.56. The van der Waals surface area contributed by atoms with Crippen molar-refractivity contribution in [2.75, 3.05) is 53.0 Å². The van der Waals surface area contributed by atoms with E-state index in [0.29, 0.717) is 6.04 Å². The third kappa shape index (κ3) is 4.54. The number of hydrogen-bond donors (Lipinski definition) is 1. The van der Waals surface area contributed by atoms with E-state index < -0.39 is 0 Å². The van der Waals surface area contributed by atoms with Crippen molar-refractivity contribution in [2.24, 2.45) is 0 Å². The Balaban J connectivity index is 1.64. The number of nitrogens with one attached hydrogen (secondary N) is 1. The first-order chi connectivity index (χ1) is 8.24. The second kappa shape index (κ2) is 6.69. The molecule has 0 radical (unpaired) electrons. The molecule has 2 aliphatic rings. The summed E-state index contributed by atoms with van der Waals surface area (Å²) < 4.78 is 5.38. The van der Waals surface area contributed by atoms with E-state index in [-0.39, 0.29) is 0 Å². The van der Waals surface area contributed by atoms with E-state index in [0.717, 1.165) is 38.9 Å². The van der Waals surface area contributed by atoms with Crippen molar-refractivity contribution in [3.8, 4) is 0 Å². The van der Waals surface area contributed by atoms with Crippen molar-refractivity contribution in [1.82, 2.24) is 15.1 Å². The Morgan fingerprint density at radius 2 is 1.82 bits per heavy atom. The summed E-state index contributed by atoms with van der Waals surface area (Å²) in [6.45, 7) is 9.95. The second-order valence-electron chi connectivity index (χ2n) is 5.56. The Bertz CT molecular complexity index is 211. The van der Waals surface area contributed by atoms with Gasteiger partial charge in [0.25, 0.3) is 0 Å². The lowest BCUT2D eigenvalue weighted by Gasteiger charge is -2.34. The lowest BCUT2D eigenvalue weighted by Crippen LogP contribution is -2.49. The van der Waals surface area contributed by atoms with Gasteiger partial charge >= 0.3 is 0 Å². The van der Waals surface area contributed by atoms with Crippen molar-refractivity contribution < 1.29 is 4.74 Å². The van der Waals surface area contributed by atoms with Crippen LogP contribution >= 0.6 is 0 Å². The summed E-state index contributed by atoms with van der Waals surface area (Å²) in [5, 5.41) is 3.78. The van der Waals surface area contributed by atoms with Gasteiger partial charge in [-0.2, -0.15) is 0 Å². The summed E-state index contributed by atoms with van der Waals surface area (Å²) in [6, 6.07) is 1.32. The van der Waals surface area contributed by atoms with Gasteiger partial charge in [0.2, 0.25) is 0 Å². The smallest absolute Gasteiger partial charge is 0.0594 e. The molecule has 0 aliphatic carbocycles. The molecule has 0 bridgehead atoms. The van der Waals surface area contributed by atoms with E-state index in [1.807, 2.05) is 0 Å². The molecule has 1 atom stereocenters.